The summed E-state index contributed by atoms with van der Waals surface area (Å²) in [4.78, 5) is 15.8. The van der Waals surface area contributed by atoms with Crippen LogP contribution in [0.2, 0.25) is 0 Å². The number of nitrogens with one attached hydrogen (secondary N) is 1. The molecule has 1 aliphatic rings. The normalized spacial score (nSPS) is 14.1. The third-order valence-corrected chi connectivity index (χ3v) is 4.70. The highest BCUT2D eigenvalue weighted by atomic mass is 16.1. The fourth-order valence-corrected chi connectivity index (χ4v) is 3.29. The number of hydrogen-bond donors (Lipinski definition) is 1. The highest BCUT2D eigenvalue weighted by molar-refractivity contribution is 5.94. The van der Waals surface area contributed by atoms with Crippen LogP contribution in [0.1, 0.15) is 62.1 Å². The van der Waals surface area contributed by atoms with E-state index in [0.717, 1.165) is 24.1 Å². The molecule has 1 aromatic carbocycles. The summed E-state index contributed by atoms with van der Waals surface area (Å²) in [5.41, 5.74) is 5.95. The molecule has 0 saturated carbocycles. The molecule has 1 aromatic heterocycles. The minimum atomic E-state index is 0.117. The Labute approximate surface area is 150 Å². The van der Waals surface area contributed by atoms with E-state index >= 15 is 0 Å². The molecule has 1 amide bonds. The number of anilines is 1. The van der Waals surface area contributed by atoms with Gasteiger partial charge in [0.2, 0.25) is 5.91 Å². The first-order valence-electron chi connectivity index (χ1n) is 9.30. The van der Waals surface area contributed by atoms with Crippen LogP contribution in [-0.4, -0.2) is 10.9 Å². The summed E-state index contributed by atoms with van der Waals surface area (Å²) in [5, 5.41) is 2.97. The fourth-order valence-electron chi connectivity index (χ4n) is 3.29. The number of aryl methyl sites for hydroxylation is 1. The molecule has 0 bridgehead atoms. The van der Waals surface area contributed by atoms with Gasteiger partial charge in [0, 0.05) is 24.5 Å². The van der Waals surface area contributed by atoms with Gasteiger partial charge >= 0.3 is 0 Å². The maximum atomic E-state index is 11.6. The first-order chi connectivity index (χ1) is 12.3. The zero-order valence-corrected chi connectivity index (χ0v) is 14.9. The van der Waals surface area contributed by atoms with E-state index in [-0.39, 0.29) is 5.91 Å². The second-order valence-electron chi connectivity index (χ2n) is 6.69. The lowest BCUT2D eigenvalue weighted by atomic mass is 9.93. The lowest BCUT2D eigenvalue weighted by Crippen LogP contribution is -2.18. The molecule has 130 valence electrons. The largest absolute Gasteiger partial charge is 0.326 e. The highest BCUT2D eigenvalue weighted by Crippen LogP contribution is 2.30. The number of benzene rings is 1. The molecule has 3 nitrogen and oxygen atoms in total. The molecule has 0 atom stereocenters. The Kier molecular flexibility index (Phi) is 5.99. The van der Waals surface area contributed by atoms with Crippen LogP contribution in [-0.2, 0) is 11.2 Å². The molecular weight excluding hydrogens is 308 g/mol. The Balaban J connectivity index is 1.86. The van der Waals surface area contributed by atoms with Crippen LogP contribution in [0, 0.1) is 0 Å². The quantitative estimate of drug-likeness (QED) is 0.681. The number of nitrogens with zero attached hydrogens (tertiary/aromatic N) is 1. The standard InChI is InChI=1S/C22H26N2O/c1-2-3-4-5-8-18(14-17-7-6-13-23-16-17)19-9-11-21-20(15-19)10-12-22(25)24-21/h6-7,9,11,13-16H,2-5,8,10,12H2,1H3,(H,24,25)/b18-14-. The molecule has 0 fully saturated rings. The Morgan fingerprint density at radius 2 is 2.12 bits per heavy atom. The summed E-state index contributed by atoms with van der Waals surface area (Å²) in [6.45, 7) is 2.24. The number of fused-ring (bicyclic) bond motifs is 1. The maximum Gasteiger partial charge on any atom is 0.224 e. The van der Waals surface area contributed by atoms with E-state index in [0.29, 0.717) is 6.42 Å². The number of allylic oxidation sites excluding steroid dienone is 1. The van der Waals surface area contributed by atoms with Crippen molar-refractivity contribution in [2.24, 2.45) is 0 Å². The molecule has 25 heavy (non-hydrogen) atoms. The second-order valence-corrected chi connectivity index (χ2v) is 6.69. The SMILES string of the molecule is CCCCCC/C(=C/c1cccnc1)c1ccc2c(c1)CCC(=O)N2. The number of aromatic nitrogens is 1. The van der Waals surface area contributed by atoms with E-state index in [9.17, 15) is 4.79 Å². The monoisotopic (exact) mass is 334 g/mol. The minimum absolute atomic E-state index is 0.117. The third-order valence-electron chi connectivity index (χ3n) is 4.70. The molecule has 2 aromatic rings. The molecule has 0 aliphatic carbocycles. The summed E-state index contributed by atoms with van der Waals surface area (Å²) in [6.07, 6.45) is 13.4. The van der Waals surface area contributed by atoms with Crippen molar-refractivity contribution in [2.45, 2.75) is 51.9 Å². The molecule has 0 saturated heterocycles. The van der Waals surface area contributed by atoms with Gasteiger partial charge in [-0.1, -0.05) is 38.3 Å². The van der Waals surface area contributed by atoms with E-state index < -0.39 is 0 Å². The van der Waals surface area contributed by atoms with E-state index in [4.69, 9.17) is 0 Å². The van der Waals surface area contributed by atoms with E-state index in [1.54, 1.807) is 6.20 Å². The molecule has 0 unspecified atom stereocenters. The van der Waals surface area contributed by atoms with Crippen molar-refractivity contribution < 1.29 is 4.79 Å². The number of rotatable bonds is 7. The zero-order chi connectivity index (χ0) is 17.5. The smallest absolute Gasteiger partial charge is 0.224 e. The number of amides is 1. The summed E-state index contributed by atoms with van der Waals surface area (Å²) in [6, 6.07) is 10.5. The molecule has 2 heterocycles. The van der Waals surface area contributed by atoms with Crippen molar-refractivity contribution in [1.29, 1.82) is 0 Å². The Bertz CT molecular complexity index is 750. The van der Waals surface area contributed by atoms with Gasteiger partial charge in [0.15, 0.2) is 0 Å². The van der Waals surface area contributed by atoms with Gasteiger partial charge in [0.05, 0.1) is 0 Å². The van der Waals surface area contributed by atoms with Gasteiger partial charge in [-0.2, -0.15) is 0 Å². The average Bonchev–Trinajstić information content (AvgIpc) is 2.64. The van der Waals surface area contributed by atoms with Crippen molar-refractivity contribution in [3.8, 4) is 0 Å². The van der Waals surface area contributed by atoms with Gasteiger partial charge < -0.3 is 5.32 Å². The van der Waals surface area contributed by atoms with Crippen molar-refractivity contribution in [1.82, 2.24) is 4.98 Å². The van der Waals surface area contributed by atoms with E-state index in [1.165, 1.54) is 42.4 Å². The van der Waals surface area contributed by atoms with Crippen LogP contribution in [0.5, 0.6) is 0 Å². The van der Waals surface area contributed by atoms with Crippen molar-refractivity contribution >= 4 is 23.2 Å². The summed E-state index contributed by atoms with van der Waals surface area (Å²) in [7, 11) is 0. The number of carbonyl (C=O) groups excluding carboxylic acids is 1. The second kappa shape index (κ2) is 8.61. The number of unbranched alkanes of at least 4 members (excludes halogenated alkanes) is 3. The van der Waals surface area contributed by atoms with Crippen LogP contribution in [0.15, 0.2) is 42.7 Å². The molecule has 3 heteroatoms. The van der Waals surface area contributed by atoms with Crippen LogP contribution in [0.25, 0.3) is 11.6 Å². The fraction of sp³-hybridized carbons (Fsp3) is 0.364. The van der Waals surface area contributed by atoms with Crippen LogP contribution >= 0.6 is 0 Å². The number of pyridine rings is 1. The van der Waals surface area contributed by atoms with E-state index in [1.807, 2.05) is 18.3 Å². The van der Waals surface area contributed by atoms with Crippen LogP contribution < -0.4 is 5.32 Å². The van der Waals surface area contributed by atoms with Crippen LogP contribution in [0.3, 0.4) is 0 Å². The zero-order valence-electron chi connectivity index (χ0n) is 14.9. The van der Waals surface area contributed by atoms with Gasteiger partial charge in [-0.3, -0.25) is 9.78 Å². The van der Waals surface area contributed by atoms with Gasteiger partial charge in [-0.05, 0) is 65.8 Å². The highest BCUT2D eigenvalue weighted by Gasteiger charge is 2.15. The number of hydrogen-bond acceptors (Lipinski definition) is 2. The Morgan fingerprint density at radius 1 is 1.20 bits per heavy atom. The van der Waals surface area contributed by atoms with Gasteiger partial charge in [0.1, 0.15) is 0 Å². The summed E-state index contributed by atoms with van der Waals surface area (Å²) in [5.74, 6) is 0.117. The molecular formula is C22H26N2O. The van der Waals surface area contributed by atoms with E-state index in [2.05, 4.69) is 41.5 Å². The molecule has 1 N–H and O–H groups in total. The van der Waals surface area contributed by atoms with Crippen molar-refractivity contribution in [3.05, 3.63) is 59.4 Å². The first kappa shape index (κ1) is 17.4. The molecule has 3 rings (SSSR count). The molecule has 1 aliphatic heterocycles. The minimum Gasteiger partial charge on any atom is -0.326 e. The lowest BCUT2D eigenvalue weighted by molar-refractivity contribution is -0.116. The lowest BCUT2D eigenvalue weighted by Gasteiger charge is -2.18. The topological polar surface area (TPSA) is 42.0 Å². The van der Waals surface area contributed by atoms with Crippen molar-refractivity contribution in [2.75, 3.05) is 5.32 Å². The average molecular weight is 334 g/mol. The van der Waals surface area contributed by atoms with Crippen LogP contribution in [0.4, 0.5) is 5.69 Å². The summed E-state index contributed by atoms with van der Waals surface area (Å²) < 4.78 is 0. The summed E-state index contributed by atoms with van der Waals surface area (Å²) >= 11 is 0. The predicted octanol–water partition coefficient (Wildman–Crippen LogP) is 5.48. The van der Waals surface area contributed by atoms with Gasteiger partial charge in [0.25, 0.3) is 0 Å². The predicted molar refractivity (Wildman–Crippen MR) is 104 cm³/mol. The van der Waals surface area contributed by atoms with Crippen molar-refractivity contribution in [3.63, 3.8) is 0 Å². The molecule has 0 spiro atoms. The molecule has 0 radical (unpaired) electrons. The van der Waals surface area contributed by atoms with Gasteiger partial charge in [-0.15, -0.1) is 0 Å². The Hall–Kier alpha value is -2.42. The Morgan fingerprint density at radius 3 is 2.92 bits per heavy atom. The first-order valence-corrected chi connectivity index (χ1v) is 9.30. The maximum absolute atomic E-state index is 11.6. The number of carbonyl (C=O) groups is 1. The third kappa shape index (κ3) is 4.79. The van der Waals surface area contributed by atoms with Gasteiger partial charge in [-0.25, -0.2) is 0 Å².